The van der Waals surface area contributed by atoms with E-state index in [0.717, 1.165) is 13.0 Å². The first-order valence-electron chi connectivity index (χ1n) is 5.86. The topological polar surface area (TPSA) is 43.4 Å². The van der Waals surface area contributed by atoms with Crippen molar-refractivity contribution in [2.24, 2.45) is 0 Å². The summed E-state index contributed by atoms with van der Waals surface area (Å²) in [5.74, 6) is -2.60. The van der Waals surface area contributed by atoms with Crippen molar-refractivity contribution >= 4 is 22.8 Å². The normalized spacial score (nSPS) is 14.3. The van der Waals surface area contributed by atoms with Gasteiger partial charge in [-0.2, -0.15) is 39.5 Å². The van der Waals surface area contributed by atoms with Gasteiger partial charge in [-0.25, -0.2) is 4.79 Å². The number of rotatable bonds is 5. The third-order valence-corrected chi connectivity index (χ3v) is 2.99. The molecule has 0 aromatic carbocycles. The lowest BCUT2D eigenvalue weighted by atomic mass is 10.0. The number of esters is 1. The zero-order chi connectivity index (χ0) is 20.4. The van der Waals surface area contributed by atoms with Crippen LogP contribution in [0, 0.1) is 0 Å². The molecule has 0 bridgehead atoms. The molecule has 0 saturated heterocycles. The maximum absolute atomic E-state index is 12.6. The summed E-state index contributed by atoms with van der Waals surface area (Å²) in [7, 11) is 0. The minimum absolute atomic E-state index is 0.274. The van der Waals surface area contributed by atoms with Gasteiger partial charge in [0.25, 0.3) is 0 Å². The summed E-state index contributed by atoms with van der Waals surface area (Å²) in [6, 6.07) is 0. The summed E-state index contributed by atoms with van der Waals surface area (Å²) < 4.78 is 116. The van der Waals surface area contributed by atoms with Gasteiger partial charge in [-0.15, -0.1) is 0 Å². The van der Waals surface area contributed by atoms with Gasteiger partial charge < -0.3 is 4.74 Å². The Hall–Kier alpha value is -1.72. The quantitative estimate of drug-likeness (QED) is 0.290. The van der Waals surface area contributed by atoms with E-state index in [4.69, 9.17) is 11.6 Å². The van der Waals surface area contributed by atoms with Crippen molar-refractivity contribution in [3.05, 3.63) is 23.8 Å². The van der Waals surface area contributed by atoms with Gasteiger partial charge in [0.15, 0.2) is 0 Å². The lowest BCUT2D eigenvalue weighted by Crippen LogP contribution is -2.68. The second-order valence-electron chi connectivity index (χ2n) is 4.53. The molecule has 0 aliphatic rings. The van der Waals surface area contributed by atoms with Crippen LogP contribution in [-0.2, 0) is 14.3 Å². The Morgan fingerprint density at radius 2 is 1.32 bits per heavy atom. The molecule has 0 aliphatic heterocycles. The third-order valence-electron chi connectivity index (χ3n) is 2.70. The van der Waals surface area contributed by atoms with Gasteiger partial charge in [0, 0.05) is 11.1 Å². The second-order valence-corrected chi connectivity index (χ2v) is 4.88. The predicted molar refractivity (Wildman–Crippen MR) is 65.4 cm³/mol. The molecule has 0 spiro atoms. The largest absolute Gasteiger partial charge is 0.447 e. The summed E-state index contributed by atoms with van der Waals surface area (Å²) in [5, 5.41) is -1.07. The zero-order valence-corrected chi connectivity index (χ0v) is 12.8. The van der Waals surface area contributed by atoms with Gasteiger partial charge in [-0.05, 0) is 24.9 Å². The van der Waals surface area contributed by atoms with Crippen LogP contribution in [0.3, 0.4) is 0 Å². The highest BCUT2D eigenvalue weighted by molar-refractivity contribution is 6.67. The Labute approximate surface area is 139 Å². The van der Waals surface area contributed by atoms with Crippen molar-refractivity contribution in [3.63, 3.8) is 0 Å². The fourth-order valence-electron chi connectivity index (χ4n) is 1.31. The van der Waals surface area contributed by atoms with Gasteiger partial charge in [0.2, 0.25) is 5.24 Å². The minimum atomic E-state index is -7.04. The molecular formula is C12H8ClF9O3. The fourth-order valence-corrected chi connectivity index (χ4v) is 1.38. The van der Waals surface area contributed by atoms with Crippen LogP contribution in [0.5, 0.6) is 0 Å². The minimum Gasteiger partial charge on any atom is -0.429 e. The fraction of sp³-hybridized carbons (Fsp3) is 0.500. The summed E-state index contributed by atoms with van der Waals surface area (Å²) >= 11 is 4.98. The SMILES string of the molecule is C=C(CC=C(C)C(=O)Cl)C(=O)OC(C(F)(F)F)(C(F)(F)F)C(F)(F)F. The molecule has 0 fully saturated rings. The maximum atomic E-state index is 12.6. The Bertz CT molecular complexity index is 548. The molecule has 0 radical (unpaired) electrons. The van der Waals surface area contributed by atoms with Crippen LogP contribution in [0.25, 0.3) is 0 Å². The van der Waals surface area contributed by atoms with Crippen molar-refractivity contribution < 1.29 is 53.8 Å². The lowest BCUT2D eigenvalue weighted by Gasteiger charge is -2.37. The van der Waals surface area contributed by atoms with Crippen molar-refractivity contribution in [1.29, 1.82) is 0 Å². The average Bonchev–Trinajstić information content (AvgIpc) is 2.36. The van der Waals surface area contributed by atoms with Crippen molar-refractivity contribution in [1.82, 2.24) is 0 Å². The monoisotopic (exact) mass is 406 g/mol. The molecule has 144 valence electrons. The van der Waals surface area contributed by atoms with Crippen molar-refractivity contribution in [2.45, 2.75) is 37.5 Å². The molecule has 0 atom stereocenters. The van der Waals surface area contributed by atoms with E-state index in [1.54, 1.807) is 0 Å². The predicted octanol–water partition coefficient (Wildman–Crippen LogP) is 4.61. The summed E-state index contributed by atoms with van der Waals surface area (Å²) in [5.41, 5.74) is -8.20. The Kier molecular flexibility index (Phi) is 6.76. The molecule has 0 amide bonds. The van der Waals surface area contributed by atoms with Crippen LogP contribution >= 0.6 is 11.6 Å². The van der Waals surface area contributed by atoms with E-state index in [1.165, 1.54) is 0 Å². The van der Waals surface area contributed by atoms with Crippen LogP contribution in [0.4, 0.5) is 39.5 Å². The molecule has 13 heteroatoms. The van der Waals surface area contributed by atoms with E-state index in [2.05, 4.69) is 11.3 Å². The van der Waals surface area contributed by atoms with Crippen LogP contribution in [0.15, 0.2) is 23.8 Å². The first-order chi connectivity index (χ1) is 10.9. The molecule has 3 nitrogen and oxygen atoms in total. The number of carbonyl (C=O) groups excluding carboxylic acids is 2. The summed E-state index contributed by atoms with van der Waals surface area (Å²) in [4.78, 5) is 22.0. The van der Waals surface area contributed by atoms with E-state index in [-0.39, 0.29) is 5.57 Å². The molecule has 25 heavy (non-hydrogen) atoms. The highest BCUT2D eigenvalue weighted by atomic mass is 35.5. The van der Waals surface area contributed by atoms with Crippen LogP contribution < -0.4 is 0 Å². The number of ether oxygens (including phenoxy) is 1. The molecule has 0 N–H and O–H groups in total. The molecule has 0 aliphatic carbocycles. The molecule has 0 saturated carbocycles. The Morgan fingerprint density at radius 1 is 0.960 bits per heavy atom. The lowest BCUT2D eigenvalue weighted by molar-refractivity contribution is -0.445. The van der Waals surface area contributed by atoms with Gasteiger partial charge in [0.05, 0.1) is 0 Å². The van der Waals surface area contributed by atoms with Crippen molar-refractivity contribution in [3.8, 4) is 0 Å². The number of carbonyl (C=O) groups is 2. The van der Waals surface area contributed by atoms with Crippen LogP contribution in [0.2, 0.25) is 0 Å². The van der Waals surface area contributed by atoms with Crippen molar-refractivity contribution in [2.75, 3.05) is 0 Å². The van der Waals surface area contributed by atoms with Gasteiger partial charge in [0.1, 0.15) is 0 Å². The van der Waals surface area contributed by atoms with Crippen LogP contribution in [0.1, 0.15) is 13.3 Å². The average molecular weight is 407 g/mol. The molecule has 0 heterocycles. The Morgan fingerprint density at radius 3 is 1.60 bits per heavy atom. The number of alkyl halides is 9. The summed E-state index contributed by atoms with van der Waals surface area (Å²) in [6.45, 7) is 3.81. The number of halogens is 10. The molecule has 0 rings (SSSR count). The highest BCUT2D eigenvalue weighted by Crippen LogP contribution is 2.55. The van der Waals surface area contributed by atoms with Gasteiger partial charge in [-0.1, -0.05) is 12.7 Å². The van der Waals surface area contributed by atoms with E-state index in [9.17, 15) is 49.1 Å². The van der Waals surface area contributed by atoms with Gasteiger partial charge in [-0.3, -0.25) is 4.79 Å². The van der Waals surface area contributed by atoms with E-state index >= 15 is 0 Å². The number of hydrogen-bond acceptors (Lipinski definition) is 3. The van der Waals surface area contributed by atoms with Crippen LogP contribution in [-0.4, -0.2) is 35.3 Å². The molecule has 0 aromatic rings. The highest BCUT2D eigenvalue weighted by Gasteiger charge is 2.87. The van der Waals surface area contributed by atoms with E-state index in [1.807, 2.05) is 0 Å². The number of allylic oxidation sites excluding steroid dienone is 2. The summed E-state index contributed by atoms with van der Waals surface area (Å²) in [6.07, 6.45) is -21.2. The standard InChI is InChI=1S/C12H8ClF9O3/c1-5(7(13)23)3-4-6(2)8(24)25-9(10(14,15)16,11(17,18)19)12(20,21)22/h3H,2,4H2,1H3. The number of hydrogen-bond donors (Lipinski definition) is 0. The first-order valence-corrected chi connectivity index (χ1v) is 6.24. The second kappa shape index (κ2) is 7.26. The third kappa shape index (κ3) is 4.89. The molecular weight excluding hydrogens is 399 g/mol. The molecule has 0 unspecified atom stereocenters. The molecule has 0 aromatic heterocycles. The maximum Gasteiger partial charge on any atom is 0.447 e. The first kappa shape index (κ1) is 23.3. The smallest absolute Gasteiger partial charge is 0.429 e. The van der Waals surface area contributed by atoms with E-state index < -0.39 is 47.3 Å². The van der Waals surface area contributed by atoms with Gasteiger partial charge >= 0.3 is 30.1 Å². The van der Waals surface area contributed by atoms with E-state index in [0.29, 0.717) is 0 Å². The Balaban J connectivity index is 5.85. The zero-order valence-electron chi connectivity index (χ0n) is 12.0.